The summed E-state index contributed by atoms with van der Waals surface area (Å²) < 4.78 is 39.3. The number of carbonyl (C=O) groups is 1. The lowest BCUT2D eigenvalue weighted by Gasteiger charge is -2.24. The van der Waals surface area contributed by atoms with Crippen LogP contribution in [-0.4, -0.2) is 17.2 Å². The Hall–Kier alpha value is -2.34. The Balaban J connectivity index is 2.18. The topological polar surface area (TPSA) is 49.3 Å². The standard InChI is InChI=1S/C15H10F3NO2/c16-15(17,18)14(21)11-8-10(9-4-2-1-3-5-9)6-7-12(11)19-13(14)20/h1-8,21H,(H,19,20). The van der Waals surface area contributed by atoms with Gasteiger partial charge < -0.3 is 10.4 Å². The van der Waals surface area contributed by atoms with Crippen molar-refractivity contribution in [3.8, 4) is 11.1 Å². The minimum Gasteiger partial charge on any atom is -0.368 e. The van der Waals surface area contributed by atoms with Gasteiger partial charge in [-0.15, -0.1) is 0 Å². The highest BCUT2D eigenvalue weighted by molar-refractivity contribution is 6.06. The first kappa shape index (κ1) is 13.6. The molecule has 0 aromatic heterocycles. The van der Waals surface area contributed by atoms with E-state index in [0.717, 1.165) is 0 Å². The van der Waals surface area contributed by atoms with Gasteiger partial charge >= 0.3 is 6.18 Å². The third-order valence-corrected chi connectivity index (χ3v) is 3.50. The molecule has 2 N–H and O–H groups in total. The lowest BCUT2D eigenvalue weighted by molar-refractivity contribution is -0.252. The van der Waals surface area contributed by atoms with Crippen molar-refractivity contribution in [1.29, 1.82) is 0 Å². The van der Waals surface area contributed by atoms with E-state index in [1.807, 2.05) is 0 Å². The van der Waals surface area contributed by atoms with E-state index in [1.165, 1.54) is 12.1 Å². The summed E-state index contributed by atoms with van der Waals surface area (Å²) in [5.74, 6) is -1.48. The van der Waals surface area contributed by atoms with Crippen LogP contribution in [0.25, 0.3) is 11.1 Å². The highest BCUT2D eigenvalue weighted by atomic mass is 19.4. The molecule has 3 nitrogen and oxygen atoms in total. The van der Waals surface area contributed by atoms with Crippen molar-refractivity contribution in [2.24, 2.45) is 0 Å². The lowest BCUT2D eigenvalue weighted by atomic mass is 9.91. The van der Waals surface area contributed by atoms with Gasteiger partial charge in [0.05, 0.1) is 0 Å². The van der Waals surface area contributed by atoms with Crippen LogP contribution in [0.5, 0.6) is 0 Å². The van der Waals surface area contributed by atoms with Crippen molar-refractivity contribution in [2.75, 3.05) is 5.32 Å². The van der Waals surface area contributed by atoms with E-state index >= 15 is 0 Å². The molecule has 0 aliphatic carbocycles. The molecule has 0 fully saturated rings. The summed E-state index contributed by atoms with van der Waals surface area (Å²) in [5, 5.41) is 11.9. The Labute approximate surface area is 118 Å². The third kappa shape index (κ3) is 1.91. The lowest BCUT2D eigenvalue weighted by Crippen LogP contribution is -2.47. The van der Waals surface area contributed by atoms with Crippen LogP contribution < -0.4 is 5.32 Å². The zero-order chi connectivity index (χ0) is 15.3. The minimum atomic E-state index is -5.09. The Morgan fingerprint density at radius 1 is 1.00 bits per heavy atom. The van der Waals surface area contributed by atoms with Crippen LogP contribution in [-0.2, 0) is 10.4 Å². The van der Waals surface area contributed by atoms with Gasteiger partial charge in [0.15, 0.2) is 0 Å². The summed E-state index contributed by atoms with van der Waals surface area (Å²) in [5.41, 5.74) is -2.81. The normalized spacial score (nSPS) is 21.0. The van der Waals surface area contributed by atoms with Crippen molar-refractivity contribution >= 4 is 11.6 Å². The molecule has 0 radical (unpaired) electrons. The van der Waals surface area contributed by atoms with E-state index in [1.54, 1.807) is 36.4 Å². The quantitative estimate of drug-likeness (QED) is 0.849. The van der Waals surface area contributed by atoms with Gasteiger partial charge in [0.1, 0.15) is 0 Å². The number of amides is 1. The van der Waals surface area contributed by atoms with Crippen LogP contribution in [0, 0.1) is 0 Å². The smallest absolute Gasteiger partial charge is 0.368 e. The highest BCUT2D eigenvalue weighted by Gasteiger charge is 2.64. The first-order valence-electron chi connectivity index (χ1n) is 6.14. The molecule has 1 aliphatic rings. The van der Waals surface area contributed by atoms with Crippen LogP contribution in [0.15, 0.2) is 48.5 Å². The Bertz CT molecular complexity index is 713. The van der Waals surface area contributed by atoms with Crippen LogP contribution in [0.1, 0.15) is 5.56 Å². The molecule has 21 heavy (non-hydrogen) atoms. The van der Waals surface area contributed by atoms with Crippen LogP contribution in [0.2, 0.25) is 0 Å². The van der Waals surface area contributed by atoms with E-state index < -0.39 is 23.2 Å². The molecular formula is C15H10F3NO2. The second-order valence-corrected chi connectivity index (χ2v) is 4.79. The number of carbonyl (C=O) groups excluding carboxylic acids is 1. The summed E-state index contributed by atoms with van der Waals surface area (Å²) in [6.45, 7) is 0. The fourth-order valence-electron chi connectivity index (χ4n) is 2.38. The molecule has 1 amide bonds. The molecule has 0 bridgehead atoms. The third-order valence-electron chi connectivity index (χ3n) is 3.50. The van der Waals surface area contributed by atoms with E-state index in [9.17, 15) is 23.1 Å². The van der Waals surface area contributed by atoms with Gasteiger partial charge in [-0.3, -0.25) is 4.79 Å². The summed E-state index contributed by atoms with van der Waals surface area (Å²) in [4.78, 5) is 11.6. The Morgan fingerprint density at radius 2 is 1.67 bits per heavy atom. The molecule has 1 heterocycles. The fraction of sp³-hybridized carbons (Fsp3) is 0.133. The number of hydrogen-bond donors (Lipinski definition) is 2. The number of fused-ring (bicyclic) bond motifs is 1. The monoisotopic (exact) mass is 293 g/mol. The number of halogens is 3. The molecule has 2 aromatic rings. The second kappa shape index (κ2) is 4.33. The number of aliphatic hydroxyl groups is 1. The summed E-state index contributed by atoms with van der Waals surface area (Å²) in [7, 11) is 0. The van der Waals surface area contributed by atoms with Gasteiger partial charge in [0.2, 0.25) is 0 Å². The molecule has 1 aliphatic heterocycles. The van der Waals surface area contributed by atoms with Gasteiger partial charge in [-0.1, -0.05) is 36.4 Å². The Kier molecular flexibility index (Phi) is 2.81. The molecule has 3 rings (SSSR count). The molecular weight excluding hydrogens is 283 g/mol. The molecule has 0 saturated heterocycles. The molecule has 1 unspecified atom stereocenters. The van der Waals surface area contributed by atoms with Crippen molar-refractivity contribution < 1.29 is 23.1 Å². The predicted molar refractivity (Wildman–Crippen MR) is 70.5 cm³/mol. The molecule has 2 aromatic carbocycles. The predicted octanol–water partition coefficient (Wildman–Crippen LogP) is 3.06. The van der Waals surface area contributed by atoms with Crippen LogP contribution in [0.3, 0.4) is 0 Å². The maximum absolute atomic E-state index is 13.1. The number of alkyl halides is 3. The van der Waals surface area contributed by atoms with E-state index in [0.29, 0.717) is 11.1 Å². The average molecular weight is 293 g/mol. The molecule has 6 heteroatoms. The van der Waals surface area contributed by atoms with Crippen molar-refractivity contribution in [2.45, 2.75) is 11.8 Å². The SMILES string of the molecule is O=C1Nc2ccc(-c3ccccc3)cc2C1(O)C(F)(F)F. The van der Waals surface area contributed by atoms with Gasteiger partial charge in [0, 0.05) is 11.3 Å². The largest absolute Gasteiger partial charge is 0.430 e. The molecule has 1 atom stereocenters. The molecule has 108 valence electrons. The van der Waals surface area contributed by atoms with Crippen molar-refractivity contribution in [3.63, 3.8) is 0 Å². The number of anilines is 1. The van der Waals surface area contributed by atoms with Crippen LogP contribution in [0.4, 0.5) is 18.9 Å². The first-order valence-corrected chi connectivity index (χ1v) is 6.14. The zero-order valence-electron chi connectivity index (χ0n) is 10.6. The number of benzene rings is 2. The highest BCUT2D eigenvalue weighted by Crippen LogP contribution is 2.47. The fourth-order valence-corrected chi connectivity index (χ4v) is 2.38. The van der Waals surface area contributed by atoms with E-state index in [4.69, 9.17) is 0 Å². The summed E-state index contributed by atoms with van der Waals surface area (Å²) in [6.07, 6.45) is -5.09. The van der Waals surface area contributed by atoms with Crippen LogP contribution >= 0.6 is 0 Å². The van der Waals surface area contributed by atoms with Gasteiger partial charge in [0.25, 0.3) is 11.5 Å². The van der Waals surface area contributed by atoms with Gasteiger partial charge in [-0.25, -0.2) is 0 Å². The minimum absolute atomic E-state index is 0.0282. The zero-order valence-corrected chi connectivity index (χ0v) is 10.6. The van der Waals surface area contributed by atoms with Gasteiger partial charge in [-0.2, -0.15) is 13.2 Å². The maximum atomic E-state index is 13.1. The maximum Gasteiger partial charge on any atom is 0.430 e. The first-order chi connectivity index (χ1) is 9.84. The molecule has 0 spiro atoms. The number of hydrogen-bond acceptors (Lipinski definition) is 2. The van der Waals surface area contributed by atoms with Gasteiger partial charge in [-0.05, 0) is 23.3 Å². The Morgan fingerprint density at radius 3 is 2.29 bits per heavy atom. The average Bonchev–Trinajstić information content (AvgIpc) is 2.72. The summed E-state index contributed by atoms with van der Waals surface area (Å²) >= 11 is 0. The molecule has 0 saturated carbocycles. The van der Waals surface area contributed by atoms with Crippen molar-refractivity contribution in [1.82, 2.24) is 0 Å². The van der Waals surface area contributed by atoms with E-state index in [-0.39, 0.29) is 5.69 Å². The van der Waals surface area contributed by atoms with Crippen molar-refractivity contribution in [3.05, 3.63) is 54.1 Å². The summed E-state index contributed by atoms with van der Waals surface area (Å²) in [6, 6.07) is 12.9. The number of rotatable bonds is 1. The second-order valence-electron chi connectivity index (χ2n) is 4.79. The number of nitrogens with one attached hydrogen (secondary N) is 1. The van der Waals surface area contributed by atoms with E-state index in [2.05, 4.69) is 5.32 Å².